The smallest absolute Gasteiger partial charge is 0.257 e. The second kappa shape index (κ2) is 9.08. The van der Waals surface area contributed by atoms with Crippen molar-refractivity contribution < 1.29 is 18.8 Å². The fourth-order valence-corrected chi connectivity index (χ4v) is 2.36. The highest BCUT2D eigenvalue weighted by atomic mass is 16.5. The van der Waals surface area contributed by atoms with Crippen molar-refractivity contribution in [1.29, 1.82) is 0 Å². The third-order valence-electron chi connectivity index (χ3n) is 3.54. The van der Waals surface area contributed by atoms with Gasteiger partial charge in [-0.05, 0) is 31.9 Å². The van der Waals surface area contributed by atoms with Crippen molar-refractivity contribution in [2.45, 2.75) is 26.7 Å². The highest BCUT2D eigenvalue weighted by molar-refractivity contribution is 6.01. The first kappa shape index (κ1) is 18.0. The fourth-order valence-electron chi connectivity index (χ4n) is 2.36. The van der Waals surface area contributed by atoms with Crippen molar-refractivity contribution in [3.8, 4) is 17.1 Å². The number of ether oxygens (including phenoxy) is 2. The molecule has 0 bridgehead atoms. The van der Waals surface area contributed by atoms with Gasteiger partial charge in [-0.1, -0.05) is 24.2 Å². The second-order valence-electron chi connectivity index (χ2n) is 5.39. The van der Waals surface area contributed by atoms with Crippen molar-refractivity contribution in [1.82, 2.24) is 10.5 Å². The van der Waals surface area contributed by atoms with E-state index < -0.39 is 0 Å². The molecule has 1 N–H and O–H groups in total. The number of methoxy groups -OCH3 is 1. The number of carbonyl (C=O) groups excluding carboxylic acids is 1. The third-order valence-corrected chi connectivity index (χ3v) is 3.54. The SMILES string of the molecule is CCCOCCCNC(=O)c1c(C)noc1-c1ccccc1OC. The molecule has 0 spiro atoms. The lowest BCUT2D eigenvalue weighted by molar-refractivity contribution is 0.0941. The predicted octanol–water partition coefficient (Wildman–Crippen LogP) is 3.21. The number of hydrogen-bond acceptors (Lipinski definition) is 5. The average Bonchev–Trinajstić information content (AvgIpc) is 2.99. The van der Waals surface area contributed by atoms with Crippen LogP contribution in [0.25, 0.3) is 11.3 Å². The molecular weight excluding hydrogens is 308 g/mol. The van der Waals surface area contributed by atoms with Crippen LogP contribution < -0.4 is 10.1 Å². The lowest BCUT2D eigenvalue weighted by atomic mass is 10.1. The minimum Gasteiger partial charge on any atom is -0.496 e. The summed E-state index contributed by atoms with van der Waals surface area (Å²) in [5.74, 6) is 0.852. The quantitative estimate of drug-likeness (QED) is 0.714. The van der Waals surface area contributed by atoms with Gasteiger partial charge in [0.1, 0.15) is 11.3 Å². The number of carbonyl (C=O) groups is 1. The molecular formula is C18H24N2O4. The summed E-state index contributed by atoms with van der Waals surface area (Å²) < 4.78 is 16.1. The molecule has 0 atom stereocenters. The zero-order valence-corrected chi connectivity index (χ0v) is 14.4. The van der Waals surface area contributed by atoms with Crippen molar-refractivity contribution in [3.05, 3.63) is 35.5 Å². The maximum atomic E-state index is 12.5. The summed E-state index contributed by atoms with van der Waals surface area (Å²) in [6.45, 7) is 5.74. The van der Waals surface area contributed by atoms with E-state index in [4.69, 9.17) is 14.0 Å². The molecule has 1 amide bonds. The van der Waals surface area contributed by atoms with E-state index in [1.807, 2.05) is 24.3 Å². The molecule has 0 saturated heterocycles. The van der Waals surface area contributed by atoms with Gasteiger partial charge in [0.15, 0.2) is 5.76 Å². The van der Waals surface area contributed by atoms with Gasteiger partial charge in [-0.25, -0.2) is 0 Å². The second-order valence-corrected chi connectivity index (χ2v) is 5.39. The van der Waals surface area contributed by atoms with Gasteiger partial charge >= 0.3 is 0 Å². The van der Waals surface area contributed by atoms with Crippen LogP contribution in [0.5, 0.6) is 5.75 Å². The first-order valence-corrected chi connectivity index (χ1v) is 8.14. The molecule has 0 fully saturated rings. The van der Waals surface area contributed by atoms with Crippen molar-refractivity contribution in [2.75, 3.05) is 26.9 Å². The van der Waals surface area contributed by atoms with E-state index in [9.17, 15) is 4.79 Å². The van der Waals surface area contributed by atoms with E-state index >= 15 is 0 Å². The Hall–Kier alpha value is -2.34. The van der Waals surface area contributed by atoms with Crippen molar-refractivity contribution in [2.24, 2.45) is 0 Å². The largest absolute Gasteiger partial charge is 0.496 e. The van der Waals surface area contributed by atoms with Gasteiger partial charge in [0.25, 0.3) is 5.91 Å². The summed E-state index contributed by atoms with van der Waals surface area (Å²) in [6, 6.07) is 7.39. The molecule has 1 heterocycles. The lowest BCUT2D eigenvalue weighted by Gasteiger charge is -2.08. The first-order chi connectivity index (χ1) is 11.7. The number of hydrogen-bond donors (Lipinski definition) is 1. The maximum Gasteiger partial charge on any atom is 0.257 e. The van der Waals surface area contributed by atoms with Crippen LogP contribution in [0.4, 0.5) is 0 Å². The number of benzene rings is 1. The number of amides is 1. The highest BCUT2D eigenvalue weighted by Crippen LogP contribution is 2.33. The molecule has 6 nitrogen and oxygen atoms in total. The molecule has 1 aromatic carbocycles. The molecule has 24 heavy (non-hydrogen) atoms. The summed E-state index contributed by atoms with van der Waals surface area (Å²) in [5.41, 5.74) is 1.70. The molecule has 0 radical (unpaired) electrons. The number of aromatic nitrogens is 1. The molecule has 2 aromatic rings. The Morgan fingerprint density at radius 2 is 2.08 bits per heavy atom. The monoisotopic (exact) mass is 332 g/mol. The Morgan fingerprint density at radius 1 is 1.29 bits per heavy atom. The lowest BCUT2D eigenvalue weighted by Crippen LogP contribution is -2.26. The van der Waals surface area contributed by atoms with E-state index in [0.717, 1.165) is 19.4 Å². The van der Waals surface area contributed by atoms with Crippen molar-refractivity contribution in [3.63, 3.8) is 0 Å². The van der Waals surface area contributed by atoms with Gasteiger partial charge in [-0.3, -0.25) is 4.79 Å². The summed E-state index contributed by atoms with van der Waals surface area (Å²) in [4.78, 5) is 12.5. The molecule has 0 aliphatic heterocycles. The Balaban J connectivity index is 2.08. The van der Waals surface area contributed by atoms with E-state index in [1.54, 1.807) is 14.0 Å². The van der Waals surface area contributed by atoms with E-state index in [2.05, 4.69) is 17.4 Å². The van der Waals surface area contributed by atoms with Crippen LogP contribution in [0.1, 0.15) is 35.8 Å². The minimum absolute atomic E-state index is 0.204. The molecule has 0 unspecified atom stereocenters. The number of nitrogens with one attached hydrogen (secondary N) is 1. The van der Waals surface area contributed by atoms with Gasteiger partial charge in [-0.2, -0.15) is 0 Å². The number of aryl methyl sites for hydroxylation is 1. The molecule has 0 aliphatic carbocycles. The van der Waals surface area contributed by atoms with Crippen LogP contribution in [-0.2, 0) is 4.74 Å². The summed E-state index contributed by atoms with van der Waals surface area (Å²) in [6.07, 6.45) is 1.76. The molecule has 0 aliphatic rings. The standard InChI is InChI=1S/C18H24N2O4/c1-4-11-23-12-7-10-19-18(21)16-13(2)20-24-17(16)14-8-5-6-9-15(14)22-3/h5-6,8-9H,4,7,10-12H2,1-3H3,(H,19,21). The summed E-state index contributed by atoms with van der Waals surface area (Å²) in [7, 11) is 1.58. The Morgan fingerprint density at radius 3 is 2.83 bits per heavy atom. The minimum atomic E-state index is -0.204. The molecule has 1 aromatic heterocycles. The van der Waals surface area contributed by atoms with Crippen LogP contribution in [0.15, 0.2) is 28.8 Å². The maximum absolute atomic E-state index is 12.5. The molecule has 0 saturated carbocycles. The van der Waals surface area contributed by atoms with Crippen LogP contribution in [0, 0.1) is 6.92 Å². The van der Waals surface area contributed by atoms with Gasteiger partial charge in [-0.15, -0.1) is 0 Å². The average molecular weight is 332 g/mol. The van der Waals surface area contributed by atoms with Gasteiger partial charge in [0, 0.05) is 19.8 Å². The van der Waals surface area contributed by atoms with Gasteiger partial charge in [0.2, 0.25) is 0 Å². The number of para-hydroxylation sites is 1. The zero-order chi connectivity index (χ0) is 17.4. The predicted molar refractivity (Wildman–Crippen MR) is 91.3 cm³/mol. The zero-order valence-electron chi connectivity index (χ0n) is 14.4. The Kier molecular flexibility index (Phi) is 6.81. The molecule has 2 rings (SSSR count). The summed E-state index contributed by atoms with van der Waals surface area (Å²) in [5, 5.41) is 6.83. The normalized spacial score (nSPS) is 10.6. The van der Waals surface area contributed by atoms with Crippen LogP contribution in [0.3, 0.4) is 0 Å². The highest BCUT2D eigenvalue weighted by Gasteiger charge is 2.23. The number of rotatable bonds is 9. The van der Waals surface area contributed by atoms with E-state index in [1.165, 1.54) is 0 Å². The van der Waals surface area contributed by atoms with Gasteiger partial charge in [0.05, 0.1) is 18.4 Å². The fraction of sp³-hybridized carbons (Fsp3) is 0.444. The topological polar surface area (TPSA) is 73.6 Å². The van der Waals surface area contributed by atoms with E-state index in [-0.39, 0.29) is 5.91 Å². The Labute approximate surface area is 142 Å². The Bertz CT molecular complexity index is 667. The summed E-state index contributed by atoms with van der Waals surface area (Å²) >= 11 is 0. The van der Waals surface area contributed by atoms with E-state index in [0.29, 0.717) is 41.5 Å². The van der Waals surface area contributed by atoms with Gasteiger partial charge < -0.3 is 19.3 Å². The van der Waals surface area contributed by atoms with Crippen molar-refractivity contribution >= 4 is 5.91 Å². The van der Waals surface area contributed by atoms with Crippen LogP contribution in [0.2, 0.25) is 0 Å². The molecule has 130 valence electrons. The van der Waals surface area contributed by atoms with Crippen LogP contribution in [-0.4, -0.2) is 37.9 Å². The third kappa shape index (κ3) is 4.35. The first-order valence-electron chi connectivity index (χ1n) is 8.14. The van der Waals surface area contributed by atoms with Crippen LogP contribution >= 0.6 is 0 Å². The number of nitrogens with zero attached hydrogens (tertiary/aromatic N) is 1. The molecule has 6 heteroatoms.